The van der Waals surface area contributed by atoms with Crippen LogP contribution in [0.3, 0.4) is 0 Å². The van der Waals surface area contributed by atoms with E-state index in [4.69, 9.17) is 42.1 Å². The van der Waals surface area contributed by atoms with Gasteiger partial charge < -0.3 is 13.9 Å². The van der Waals surface area contributed by atoms with Gasteiger partial charge in [0.1, 0.15) is 28.3 Å². The second-order valence-electron chi connectivity index (χ2n) is 9.43. The molecule has 0 N–H and O–H groups in total. The molecule has 0 aliphatic carbocycles. The maximum atomic E-state index is 14.0. The van der Waals surface area contributed by atoms with Crippen molar-refractivity contribution in [3.8, 4) is 17.1 Å². The zero-order chi connectivity index (χ0) is 30.8. The van der Waals surface area contributed by atoms with E-state index in [0.29, 0.717) is 61.3 Å². The lowest BCUT2D eigenvalue weighted by molar-refractivity contribution is -0.384. The van der Waals surface area contributed by atoms with Crippen molar-refractivity contribution in [2.45, 2.75) is 32.7 Å². The van der Waals surface area contributed by atoms with Gasteiger partial charge in [0.05, 0.1) is 34.4 Å². The number of rotatable bonds is 9. The van der Waals surface area contributed by atoms with Crippen LogP contribution in [-0.4, -0.2) is 29.2 Å². The topological polar surface area (TPSA) is 126 Å². The number of nitro benzene ring substituents is 1. The molecule has 0 saturated carbocycles. The SMILES string of the molecule is CCCC1=C(C(=O)OCC)[C@H](c2cc(Cl)ccc2OC)n2c(s/c(=C/c3ccc(-c4ccc(Cl)c([N+](=O)[O-])c4)o3)c2=O)=N1. The lowest BCUT2D eigenvalue weighted by Gasteiger charge is -2.27. The Bertz CT molecular complexity index is 1960. The Balaban J connectivity index is 1.69. The third kappa shape index (κ3) is 5.88. The zero-order valence-electron chi connectivity index (χ0n) is 23.3. The summed E-state index contributed by atoms with van der Waals surface area (Å²) in [6, 6.07) is 11.8. The van der Waals surface area contributed by atoms with Gasteiger partial charge in [-0.3, -0.25) is 19.5 Å². The maximum Gasteiger partial charge on any atom is 0.338 e. The number of nitrogens with zero attached hydrogens (tertiary/aromatic N) is 3. The number of carbonyl (C=O) groups is 1. The number of esters is 1. The van der Waals surface area contributed by atoms with Crippen molar-refractivity contribution in [2.24, 2.45) is 4.99 Å². The van der Waals surface area contributed by atoms with Crippen LogP contribution in [0.2, 0.25) is 10.0 Å². The number of allylic oxidation sites excluding steroid dienone is 1. The summed E-state index contributed by atoms with van der Waals surface area (Å²) in [5.41, 5.74) is 1.07. The van der Waals surface area contributed by atoms with E-state index in [1.165, 1.54) is 23.8 Å². The second kappa shape index (κ2) is 12.6. The van der Waals surface area contributed by atoms with Crippen LogP contribution in [0.1, 0.15) is 44.1 Å². The van der Waals surface area contributed by atoms with Crippen LogP contribution >= 0.6 is 34.5 Å². The molecular weight excluding hydrogens is 617 g/mol. The quantitative estimate of drug-likeness (QED) is 0.123. The van der Waals surface area contributed by atoms with Gasteiger partial charge in [0.2, 0.25) is 0 Å². The minimum Gasteiger partial charge on any atom is -0.496 e. The summed E-state index contributed by atoms with van der Waals surface area (Å²) in [5.74, 6) is 0.559. The Labute approximate surface area is 259 Å². The van der Waals surface area contributed by atoms with E-state index in [9.17, 15) is 19.7 Å². The van der Waals surface area contributed by atoms with Gasteiger partial charge in [-0.2, -0.15) is 0 Å². The van der Waals surface area contributed by atoms with Crippen molar-refractivity contribution >= 4 is 52.3 Å². The molecule has 2 aromatic heterocycles. The van der Waals surface area contributed by atoms with Gasteiger partial charge in [0, 0.05) is 28.3 Å². The molecule has 13 heteroatoms. The predicted molar refractivity (Wildman–Crippen MR) is 163 cm³/mol. The highest BCUT2D eigenvalue weighted by Crippen LogP contribution is 2.38. The smallest absolute Gasteiger partial charge is 0.338 e. The summed E-state index contributed by atoms with van der Waals surface area (Å²) in [7, 11) is 1.50. The van der Waals surface area contributed by atoms with Crippen LogP contribution in [0.4, 0.5) is 5.69 Å². The van der Waals surface area contributed by atoms with Crippen LogP contribution in [0.15, 0.2) is 74.0 Å². The molecule has 0 amide bonds. The normalized spacial score (nSPS) is 14.8. The highest BCUT2D eigenvalue weighted by molar-refractivity contribution is 7.07. The monoisotopic (exact) mass is 641 g/mol. The van der Waals surface area contributed by atoms with Crippen molar-refractivity contribution in [1.29, 1.82) is 0 Å². The van der Waals surface area contributed by atoms with Crippen LogP contribution in [0.5, 0.6) is 5.75 Å². The number of aromatic nitrogens is 1. The van der Waals surface area contributed by atoms with Gasteiger partial charge >= 0.3 is 5.97 Å². The minimum absolute atomic E-state index is 0.0113. The van der Waals surface area contributed by atoms with E-state index in [1.54, 1.807) is 49.4 Å². The molecule has 4 aromatic rings. The molecule has 0 saturated heterocycles. The largest absolute Gasteiger partial charge is 0.496 e. The van der Waals surface area contributed by atoms with Gasteiger partial charge in [0.15, 0.2) is 4.80 Å². The number of halogens is 2. The predicted octanol–water partition coefficient (Wildman–Crippen LogP) is 6.06. The Morgan fingerprint density at radius 2 is 1.98 bits per heavy atom. The Hall–Kier alpha value is -4.19. The molecule has 1 aliphatic heterocycles. The molecule has 2 aromatic carbocycles. The van der Waals surface area contributed by atoms with Gasteiger partial charge in [-0.1, -0.05) is 47.9 Å². The maximum absolute atomic E-state index is 14.0. The number of ether oxygens (including phenoxy) is 2. The fraction of sp³-hybridized carbons (Fsp3) is 0.233. The Morgan fingerprint density at radius 3 is 2.67 bits per heavy atom. The van der Waals surface area contributed by atoms with E-state index < -0.39 is 22.5 Å². The van der Waals surface area contributed by atoms with E-state index in [1.807, 2.05) is 6.92 Å². The first-order valence-corrected chi connectivity index (χ1v) is 14.8. The standard InChI is InChI=1S/C30H25Cl2N3O7S/c1-4-6-21-26(29(37)41-5-2)27(19-14-17(31)8-11-24(19)40-3)34-28(36)25(43-30(34)33-21)15-18-9-12-23(42-18)16-7-10-20(32)22(13-16)35(38)39/h7-15,27H,4-6H2,1-3H3/b25-15+/t27-/m0/s1. The van der Waals surface area contributed by atoms with E-state index in [2.05, 4.69) is 0 Å². The first kappa shape index (κ1) is 30.3. The summed E-state index contributed by atoms with van der Waals surface area (Å²) in [4.78, 5) is 43.3. The molecule has 0 unspecified atom stereocenters. The van der Waals surface area contributed by atoms with Gasteiger partial charge in [-0.15, -0.1) is 0 Å². The Kier molecular flexibility index (Phi) is 8.86. The fourth-order valence-corrected chi connectivity index (χ4v) is 6.22. The third-order valence-corrected chi connectivity index (χ3v) is 8.24. The van der Waals surface area contributed by atoms with Crippen molar-refractivity contribution in [1.82, 2.24) is 4.57 Å². The van der Waals surface area contributed by atoms with Crippen LogP contribution in [-0.2, 0) is 9.53 Å². The zero-order valence-corrected chi connectivity index (χ0v) is 25.6. The van der Waals surface area contributed by atoms with Crippen molar-refractivity contribution in [3.63, 3.8) is 0 Å². The number of nitro groups is 1. The number of carbonyl (C=O) groups excluding carboxylic acids is 1. The van der Waals surface area contributed by atoms with Gasteiger partial charge in [-0.05, 0) is 55.8 Å². The molecule has 222 valence electrons. The highest BCUT2D eigenvalue weighted by atomic mass is 35.5. The molecule has 1 atom stereocenters. The number of hydrogen-bond acceptors (Lipinski definition) is 9. The summed E-state index contributed by atoms with van der Waals surface area (Å²) >= 11 is 13.5. The Morgan fingerprint density at radius 1 is 1.19 bits per heavy atom. The number of fused-ring (bicyclic) bond motifs is 1. The van der Waals surface area contributed by atoms with E-state index in [0.717, 1.165) is 11.3 Å². The molecule has 5 rings (SSSR count). The van der Waals surface area contributed by atoms with Crippen LogP contribution in [0, 0.1) is 10.1 Å². The van der Waals surface area contributed by atoms with Gasteiger partial charge in [0.25, 0.3) is 11.2 Å². The lowest BCUT2D eigenvalue weighted by Crippen LogP contribution is -2.40. The average molecular weight is 643 g/mol. The fourth-order valence-electron chi connectivity index (χ4n) is 4.85. The van der Waals surface area contributed by atoms with Crippen LogP contribution in [0.25, 0.3) is 17.4 Å². The summed E-state index contributed by atoms with van der Waals surface area (Å²) in [6.07, 6.45) is 2.75. The molecule has 0 fully saturated rings. The second-order valence-corrected chi connectivity index (χ2v) is 11.3. The van der Waals surface area contributed by atoms with Gasteiger partial charge in [-0.25, -0.2) is 9.79 Å². The summed E-state index contributed by atoms with van der Waals surface area (Å²) in [5, 5.41) is 11.7. The molecule has 0 bridgehead atoms. The lowest BCUT2D eigenvalue weighted by atomic mass is 9.93. The minimum atomic E-state index is -0.908. The highest BCUT2D eigenvalue weighted by Gasteiger charge is 2.36. The number of hydrogen-bond donors (Lipinski definition) is 0. The van der Waals surface area contributed by atoms with E-state index >= 15 is 0 Å². The van der Waals surface area contributed by atoms with Crippen molar-refractivity contribution in [3.05, 3.63) is 111 Å². The molecule has 1 aliphatic rings. The summed E-state index contributed by atoms with van der Waals surface area (Å²) in [6.45, 7) is 3.82. The van der Waals surface area contributed by atoms with Crippen LogP contribution < -0.4 is 19.6 Å². The third-order valence-electron chi connectivity index (χ3n) is 6.71. The molecule has 0 spiro atoms. The summed E-state index contributed by atoms with van der Waals surface area (Å²) < 4.78 is 18.7. The van der Waals surface area contributed by atoms with Crippen molar-refractivity contribution < 1.29 is 23.6 Å². The molecule has 0 radical (unpaired) electrons. The first-order chi connectivity index (χ1) is 20.7. The first-order valence-electron chi connectivity index (χ1n) is 13.3. The molecule has 43 heavy (non-hydrogen) atoms. The number of thiazole rings is 1. The number of furan rings is 1. The van der Waals surface area contributed by atoms with E-state index in [-0.39, 0.29) is 22.9 Å². The molecule has 10 nitrogen and oxygen atoms in total. The number of methoxy groups -OCH3 is 1. The number of benzene rings is 2. The average Bonchev–Trinajstić information content (AvgIpc) is 3.57. The molecule has 3 heterocycles. The molecular formula is C30H25Cl2N3O7S. The van der Waals surface area contributed by atoms with Crippen molar-refractivity contribution in [2.75, 3.05) is 13.7 Å².